The fraction of sp³-hybridized carbons (Fsp3) is 0. The minimum Gasteiger partial charge on any atom is -0.478 e. The lowest BCUT2D eigenvalue weighted by molar-refractivity contribution is 0.0692. The van der Waals surface area contributed by atoms with Crippen molar-refractivity contribution >= 4 is 17.7 Å². The molecule has 2 N–H and O–H groups in total. The summed E-state index contributed by atoms with van der Waals surface area (Å²) >= 11 is 0. The molecular formula is C23H14O5. The Hall–Kier alpha value is -4.17. The highest BCUT2D eigenvalue weighted by Crippen LogP contribution is 2.18. The van der Waals surface area contributed by atoms with Gasteiger partial charge in [0.15, 0.2) is 5.78 Å². The molecule has 0 radical (unpaired) electrons. The van der Waals surface area contributed by atoms with Gasteiger partial charge >= 0.3 is 11.9 Å². The molecule has 3 aromatic carbocycles. The number of hydrogen-bond donors (Lipinski definition) is 2. The van der Waals surface area contributed by atoms with Crippen LogP contribution in [0.3, 0.4) is 0 Å². The number of benzene rings is 3. The average Bonchev–Trinajstić information content (AvgIpc) is 2.72. The van der Waals surface area contributed by atoms with Gasteiger partial charge in [-0.15, -0.1) is 0 Å². The summed E-state index contributed by atoms with van der Waals surface area (Å²) < 4.78 is 0. The van der Waals surface area contributed by atoms with E-state index in [-0.39, 0.29) is 22.3 Å². The second kappa shape index (κ2) is 8.02. The highest BCUT2D eigenvalue weighted by atomic mass is 16.4. The first-order valence-corrected chi connectivity index (χ1v) is 8.28. The third-order valence-electron chi connectivity index (χ3n) is 4.01. The summed E-state index contributed by atoms with van der Waals surface area (Å²) in [4.78, 5) is 35.2. The summed E-state index contributed by atoms with van der Waals surface area (Å²) in [5.41, 5.74) is 1.25. The Kier molecular flexibility index (Phi) is 5.33. The summed E-state index contributed by atoms with van der Waals surface area (Å²) in [6, 6.07) is 19.4. The smallest absolute Gasteiger partial charge is 0.336 e. The van der Waals surface area contributed by atoms with Gasteiger partial charge in [0, 0.05) is 22.3 Å². The van der Waals surface area contributed by atoms with Crippen molar-refractivity contribution in [2.24, 2.45) is 0 Å². The van der Waals surface area contributed by atoms with Crippen molar-refractivity contribution in [2.75, 3.05) is 0 Å². The monoisotopic (exact) mass is 370 g/mol. The molecule has 0 aliphatic rings. The fourth-order valence-electron chi connectivity index (χ4n) is 2.58. The lowest BCUT2D eigenvalue weighted by atomic mass is 9.96. The van der Waals surface area contributed by atoms with Crippen molar-refractivity contribution < 1.29 is 24.6 Å². The van der Waals surface area contributed by atoms with Gasteiger partial charge in [0.05, 0.1) is 11.1 Å². The van der Waals surface area contributed by atoms with Crippen LogP contribution in [0.15, 0.2) is 72.8 Å². The Labute approximate surface area is 160 Å². The molecule has 0 aliphatic carbocycles. The summed E-state index contributed by atoms with van der Waals surface area (Å²) in [7, 11) is 0. The number of hydrogen-bond acceptors (Lipinski definition) is 3. The SMILES string of the molecule is O=C(O)c1ccc(C(=O)c2ccc(C#Cc3ccccc3)cc2)c(C(=O)O)c1. The van der Waals surface area contributed by atoms with Crippen molar-refractivity contribution in [1.29, 1.82) is 0 Å². The van der Waals surface area contributed by atoms with E-state index in [2.05, 4.69) is 11.8 Å². The molecular weight excluding hydrogens is 356 g/mol. The molecule has 0 unspecified atom stereocenters. The number of aromatic carboxylic acids is 2. The van der Waals surface area contributed by atoms with E-state index in [0.29, 0.717) is 5.56 Å². The quantitative estimate of drug-likeness (QED) is 0.540. The summed E-state index contributed by atoms with van der Waals surface area (Å²) in [5, 5.41) is 18.3. The van der Waals surface area contributed by atoms with Crippen LogP contribution in [0.1, 0.15) is 47.8 Å². The van der Waals surface area contributed by atoms with Crippen LogP contribution in [0, 0.1) is 11.8 Å². The lowest BCUT2D eigenvalue weighted by Gasteiger charge is -2.07. The number of ketones is 1. The number of rotatable bonds is 4. The Balaban J connectivity index is 1.88. The van der Waals surface area contributed by atoms with Crippen molar-refractivity contribution in [1.82, 2.24) is 0 Å². The maximum absolute atomic E-state index is 12.7. The molecule has 5 heteroatoms. The first-order valence-electron chi connectivity index (χ1n) is 8.28. The van der Waals surface area contributed by atoms with E-state index in [1.807, 2.05) is 30.3 Å². The molecule has 28 heavy (non-hydrogen) atoms. The first-order chi connectivity index (χ1) is 13.5. The second-order valence-corrected chi connectivity index (χ2v) is 5.89. The average molecular weight is 370 g/mol. The second-order valence-electron chi connectivity index (χ2n) is 5.89. The van der Waals surface area contributed by atoms with Crippen LogP contribution in [-0.2, 0) is 0 Å². The Bertz CT molecular complexity index is 1120. The van der Waals surface area contributed by atoms with Crippen molar-refractivity contribution in [3.05, 3.63) is 106 Å². The van der Waals surface area contributed by atoms with E-state index < -0.39 is 17.7 Å². The number of carbonyl (C=O) groups is 3. The van der Waals surface area contributed by atoms with Crippen molar-refractivity contribution in [2.45, 2.75) is 0 Å². The Morgan fingerprint density at radius 2 is 1.18 bits per heavy atom. The van der Waals surface area contributed by atoms with E-state index in [0.717, 1.165) is 11.6 Å². The van der Waals surface area contributed by atoms with Gasteiger partial charge in [0.25, 0.3) is 0 Å². The van der Waals surface area contributed by atoms with Gasteiger partial charge in [-0.3, -0.25) is 4.79 Å². The molecule has 0 fully saturated rings. The molecule has 0 aliphatic heterocycles. The zero-order valence-corrected chi connectivity index (χ0v) is 14.5. The predicted molar refractivity (Wildman–Crippen MR) is 103 cm³/mol. The number of carboxylic acid groups (broad SMARTS) is 2. The van der Waals surface area contributed by atoms with Gasteiger partial charge in [0.1, 0.15) is 0 Å². The normalized spacial score (nSPS) is 9.86. The molecule has 0 heterocycles. The van der Waals surface area contributed by atoms with Crippen LogP contribution in [0.4, 0.5) is 0 Å². The molecule has 0 amide bonds. The molecule has 0 aromatic heterocycles. The van der Waals surface area contributed by atoms with Crippen LogP contribution < -0.4 is 0 Å². The molecule has 5 nitrogen and oxygen atoms in total. The van der Waals surface area contributed by atoms with E-state index in [1.54, 1.807) is 24.3 Å². The predicted octanol–water partition coefficient (Wildman–Crippen LogP) is 3.71. The Morgan fingerprint density at radius 1 is 0.607 bits per heavy atom. The van der Waals surface area contributed by atoms with E-state index in [1.165, 1.54) is 12.1 Å². The number of carboxylic acids is 2. The van der Waals surface area contributed by atoms with Gasteiger partial charge in [-0.25, -0.2) is 9.59 Å². The van der Waals surface area contributed by atoms with E-state index >= 15 is 0 Å². The van der Waals surface area contributed by atoms with Gasteiger partial charge in [-0.2, -0.15) is 0 Å². The zero-order chi connectivity index (χ0) is 20.1. The highest BCUT2D eigenvalue weighted by molar-refractivity contribution is 6.14. The topological polar surface area (TPSA) is 91.7 Å². The van der Waals surface area contributed by atoms with Crippen LogP contribution in [0.2, 0.25) is 0 Å². The van der Waals surface area contributed by atoms with Gasteiger partial charge < -0.3 is 10.2 Å². The minimum absolute atomic E-state index is 0.0689. The summed E-state index contributed by atoms with van der Waals surface area (Å²) in [6.45, 7) is 0. The molecule has 3 aromatic rings. The third kappa shape index (κ3) is 4.14. The van der Waals surface area contributed by atoms with Crippen LogP contribution in [0.5, 0.6) is 0 Å². The van der Waals surface area contributed by atoms with Crippen LogP contribution >= 0.6 is 0 Å². The van der Waals surface area contributed by atoms with Crippen molar-refractivity contribution in [3.63, 3.8) is 0 Å². The highest BCUT2D eigenvalue weighted by Gasteiger charge is 2.20. The number of carbonyl (C=O) groups excluding carboxylic acids is 1. The minimum atomic E-state index is -1.36. The van der Waals surface area contributed by atoms with Crippen molar-refractivity contribution in [3.8, 4) is 11.8 Å². The van der Waals surface area contributed by atoms with E-state index in [4.69, 9.17) is 5.11 Å². The van der Waals surface area contributed by atoms with Gasteiger partial charge in [-0.05, 0) is 54.6 Å². The maximum atomic E-state index is 12.7. The summed E-state index contributed by atoms with van der Waals surface area (Å²) in [5.74, 6) is 2.88. The fourth-order valence-corrected chi connectivity index (χ4v) is 2.58. The molecule has 0 atom stereocenters. The third-order valence-corrected chi connectivity index (χ3v) is 4.01. The summed E-state index contributed by atoms with van der Waals surface area (Å²) in [6.07, 6.45) is 0. The van der Waals surface area contributed by atoms with Gasteiger partial charge in [-0.1, -0.05) is 30.0 Å². The Morgan fingerprint density at radius 3 is 1.75 bits per heavy atom. The molecule has 0 saturated carbocycles. The standard InChI is InChI=1S/C23H14O5/c24-21(19-13-12-18(22(25)26)14-20(19)23(27)28)17-10-8-16(9-11-17)7-6-15-4-2-1-3-5-15/h1-5,8-14H,(H,25,26)(H,27,28). The first kappa shape index (κ1) is 18.6. The van der Waals surface area contributed by atoms with E-state index in [9.17, 15) is 19.5 Å². The largest absolute Gasteiger partial charge is 0.478 e. The molecule has 136 valence electrons. The lowest BCUT2D eigenvalue weighted by Crippen LogP contribution is -2.11. The van der Waals surface area contributed by atoms with Crippen LogP contribution in [-0.4, -0.2) is 27.9 Å². The molecule has 0 spiro atoms. The molecule has 3 rings (SSSR count). The zero-order valence-electron chi connectivity index (χ0n) is 14.5. The molecule has 0 saturated heterocycles. The van der Waals surface area contributed by atoms with Crippen LogP contribution in [0.25, 0.3) is 0 Å². The maximum Gasteiger partial charge on any atom is 0.336 e. The molecule has 0 bridgehead atoms. The van der Waals surface area contributed by atoms with Gasteiger partial charge in [0.2, 0.25) is 0 Å².